The minimum absolute atomic E-state index is 0.282. The lowest BCUT2D eigenvalue weighted by molar-refractivity contribution is -0.0289. The Balaban J connectivity index is 2.61. The molecule has 90 valence electrons. The first-order valence-electron chi connectivity index (χ1n) is 6.60. The highest BCUT2D eigenvalue weighted by Gasteiger charge is 2.27. The van der Waals surface area contributed by atoms with Crippen LogP contribution in [0.3, 0.4) is 0 Å². The highest BCUT2D eigenvalue weighted by molar-refractivity contribution is 4.80. The van der Waals surface area contributed by atoms with Crippen molar-refractivity contribution in [2.75, 3.05) is 6.54 Å². The van der Waals surface area contributed by atoms with E-state index in [-0.39, 0.29) is 6.23 Å². The van der Waals surface area contributed by atoms with Gasteiger partial charge in [-0.3, -0.25) is 4.90 Å². The monoisotopic (exact) mass is 213 g/mol. The van der Waals surface area contributed by atoms with Gasteiger partial charge in [-0.1, -0.05) is 33.1 Å². The minimum Gasteiger partial charge on any atom is -0.379 e. The molecule has 2 nitrogen and oxygen atoms in total. The Labute approximate surface area is 94.7 Å². The molecule has 1 N–H and O–H groups in total. The van der Waals surface area contributed by atoms with Crippen molar-refractivity contribution in [1.29, 1.82) is 0 Å². The number of aliphatic hydroxyl groups excluding tert-OH is 1. The van der Waals surface area contributed by atoms with Crippen LogP contribution in [0.4, 0.5) is 0 Å². The van der Waals surface area contributed by atoms with Gasteiger partial charge >= 0.3 is 0 Å². The molecule has 0 saturated heterocycles. The first-order chi connectivity index (χ1) is 7.16. The van der Waals surface area contributed by atoms with Gasteiger partial charge in [0.25, 0.3) is 0 Å². The molecule has 0 aromatic heterocycles. The van der Waals surface area contributed by atoms with Crippen LogP contribution in [0.15, 0.2) is 0 Å². The number of nitrogens with zero attached hydrogens (tertiary/aromatic N) is 1. The molecule has 0 aromatic rings. The molecule has 2 heteroatoms. The van der Waals surface area contributed by atoms with E-state index in [0.29, 0.717) is 6.04 Å². The Morgan fingerprint density at radius 3 is 2.53 bits per heavy atom. The molecule has 15 heavy (non-hydrogen) atoms. The molecule has 3 unspecified atom stereocenters. The van der Waals surface area contributed by atoms with Crippen molar-refractivity contribution >= 4 is 0 Å². The summed E-state index contributed by atoms with van der Waals surface area (Å²) in [6.45, 7) is 7.48. The molecule has 0 amide bonds. The molecule has 1 fully saturated rings. The number of aliphatic hydroxyl groups is 1. The van der Waals surface area contributed by atoms with Crippen molar-refractivity contribution in [2.24, 2.45) is 5.92 Å². The summed E-state index contributed by atoms with van der Waals surface area (Å²) in [4.78, 5) is 2.30. The Morgan fingerprint density at radius 2 is 1.93 bits per heavy atom. The summed E-state index contributed by atoms with van der Waals surface area (Å²) in [6, 6.07) is 0.604. The highest BCUT2D eigenvalue weighted by atomic mass is 16.3. The number of hydrogen-bond donors (Lipinski definition) is 1. The summed E-state index contributed by atoms with van der Waals surface area (Å²) in [5.74, 6) is 0.744. The predicted molar refractivity (Wildman–Crippen MR) is 64.7 cm³/mol. The molecule has 0 bridgehead atoms. The third-order valence-electron chi connectivity index (χ3n) is 3.70. The second-order valence-corrected chi connectivity index (χ2v) is 5.05. The smallest absolute Gasteiger partial charge is 0.104 e. The van der Waals surface area contributed by atoms with E-state index in [1.807, 2.05) is 6.92 Å². The number of hydrogen-bond acceptors (Lipinski definition) is 2. The van der Waals surface area contributed by atoms with Gasteiger partial charge in [0, 0.05) is 12.6 Å². The van der Waals surface area contributed by atoms with Crippen molar-refractivity contribution < 1.29 is 5.11 Å². The first kappa shape index (κ1) is 13.0. The van der Waals surface area contributed by atoms with Gasteiger partial charge in [-0.15, -0.1) is 0 Å². The summed E-state index contributed by atoms with van der Waals surface area (Å²) in [5.41, 5.74) is 0. The third kappa shape index (κ3) is 3.76. The molecule has 1 saturated carbocycles. The molecular formula is C13H27NO. The summed E-state index contributed by atoms with van der Waals surface area (Å²) >= 11 is 0. The molecule has 3 atom stereocenters. The van der Waals surface area contributed by atoms with E-state index in [1.54, 1.807) is 0 Å². The van der Waals surface area contributed by atoms with Crippen LogP contribution in [0.5, 0.6) is 0 Å². The van der Waals surface area contributed by atoms with Crippen LogP contribution in [0, 0.1) is 5.92 Å². The van der Waals surface area contributed by atoms with E-state index < -0.39 is 0 Å². The quantitative estimate of drug-likeness (QED) is 0.573. The van der Waals surface area contributed by atoms with Crippen molar-refractivity contribution in [2.45, 2.75) is 71.6 Å². The van der Waals surface area contributed by atoms with Crippen LogP contribution < -0.4 is 0 Å². The molecule has 1 rings (SSSR count). The average Bonchev–Trinajstić information content (AvgIpc) is 2.39. The molecule has 1 aliphatic carbocycles. The van der Waals surface area contributed by atoms with Gasteiger partial charge in [0.2, 0.25) is 0 Å². The van der Waals surface area contributed by atoms with Crippen molar-refractivity contribution in [1.82, 2.24) is 4.90 Å². The van der Waals surface area contributed by atoms with Crippen LogP contribution in [0.25, 0.3) is 0 Å². The maximum Gasteiger partial charge on any atom is 0.104 e. The summed E-state index contributed by atoms with van der Waals surface area (Å²) in [7, 11) is 0. The van der Waals surface area contributed by atoms with Crippen molar-refractivity contribution in [3.05, 3.63) is 0 Å². The molecule has 1 aliphatic rings. The summed E-state index contributed by atoms with van der Waals surface area (Å²) in [6.07, 6.45) is 7.54. The Morgan fingerprint density at radius 1 is 1.27 bits per heavy atom. The highest BCUT2D eigenvalue weighted by Crippen LogP contribution is 2.28. The topological polar surface area (TPSA) is 23.5 Å². The zero-order valence-corrected chi connectivity index (χ0v) is 10.6. The zero-order valence-electron chi connectivity index (χ0n) is 10.6. The van der Waals surface area contributed by atoms with Crippen molar-refractivity contribution in [3.8, 4) is 0 Å². The standard InChI is InChI=1S/C13H27NO/c1-4-10-14(12(3)15)13-9-7-5-6-8-11(13)2/h11-13,15H,4-10H2,1-3H3. The van der Waals surface area contributed by atoms with Gasteiger partial charge in [-0.25, -0.2) is 0 Å². The fourth-order valence-corrected chi connectivity index (χ4v) is 2.85. The third-order valence-corrected chi connectivity index (χ3v) is 3.70. The minimum atomic E-state index is -0.282. The van der Waals surface area contributed by atoms with Gasteiger partial charge in [0.15, 0.2) is 0 Å². The second-order valence-electron chi connectivity index (χ2n) is 5.05. The molecule has 0 radical (unpaired) electrons. The van der Waals surface area contributed by atoms with Gasteiger partial charge in [-0.05, 0) is 32.1 Å². The molecule has 0 spiro atoms. The lowest BCUT2D eigenvalue weighted by Gasteiger charge is -2.36. The van der Waals surface area contributed by atoms with Gasteiger partial charge in [0.1, 0.15) is 6.23 Å². The predicted octanol–water partition coefficient (Wildman–Crippen LogP) is 3.01. The average molecular weight is 213 g/mol. The Bertz CT molecular complexity index is 170. The molecule has 0 aliphatic heterocycles. The molecule has 0 heterocycles. The van der Waals surface area contributed by atoms with Gasteiger partial charge in [-0.2, -0.15) is 0 Å². The van der Waals surface area contributed by atoms with Crippen molar-refractivity contribution in [3.63, 3.8) is 0 Å². The van der Waals surface area contributed by atoms with Crippen LogP contribution in [0.2, 0.25) is 0 Å². The fraction of sp³-hybridized carbons (Fsp3) is 1.00. The van der Waals surface area contributed by atoms with E-state index in [2.05, 4.69) is 18.7 Å². The maximum absolute atomic E-state index is 9.83. The van der Waals surface area contributed by atoms with Crippen LogP contribution in [-0.4, -0.2) is 28.8 Å². The normalized spacial score (nSPS) is 30.2. The van der Waals surface area contributed by atoms with Gasteiger partial charge in [0.05, 0.1) is 0 Å². The Hall–Kier alpha value is -0.0800. The Kier molecular flexibility index (Phi) is 5.62. The summed E-state index contributed by atoms with van der Waals surface area (Å²) < 4.78 is 0. The van der Waals surface area contributed by atoms with Crippen LogP contribution in [-0.2, 0) is 0 Å². The van der Waals surface area contributed by atoms with E-state index in [0.717, 1.165) is 18.9 Å². The number of rotatable bonds is 4. The largest absolute Gasteiger partial charge is 0.379 e. The lowest BCUT2D eigenvalue weighted by atomic mass is 9.95. The maximum atomic E-state index is 9.83. The van der Waals surface area contributed by atoms with E-state index in [4.69, 9.17) is 0 Å². The lowest BCUT2D eigenvalue weighted by Crippen LogP contribution is -2.45. The first-order valence-corrected chi connectivity index (χ1v) is 6.60. The fourth-order valence-electron chi connectivity index (χ4n) is 2.85. The zero-order chi connectivity index (χ0) is 11.3. The van der Waals surface area contributed by atoms with Crippen LogP contribution >= 0.6 is 0 Å². The molecule has 0 aromatic carbocycles. The van der Waals surface area contributed by atoms with E-state index >= 15 is 0 Å². The van der Waals surface area contributed by atoms with E-state index in [9.17, 15) is 5.11 Å². The van der Waals surface area contributed by atoms with Gasteiger partial charge < -0.3 is 5.11 Å². The van der Waals surface area contributed by atoms with E-state index in [1.165, 1.54) is 32.1 Å². The molecular weight excluding hydrogens is 186 g/mol. The SMILES string of the molecule is CCCN(C(C)O)C1CCCCCC1C. The second kappa shape index (κ2) is 6.49. The van der Waals surface area contributed by atoms with Crippen LogP contribution in [0.1, 0.15) is 59.3 Å². The summed E-state index contributed by atoms with van der Waals surface area (Å²) in [5, 5.41) is 9.83.